The average molecular weight is 549 g/mol. The molecule has 1 unspecified atom stereocenters. The predicted molar refractivity (Wildman–Crippen MR) is 127 cm³/mol. The van der Waals surface area contributed by atoms with E-state index in [0.29, 0.717) is 31.7 Å². The Morgan fingerprint density at radius 3 is 2.49 bits per heavy atom. The van der Waals surface area contributed by atoms with E-state index in [1.165, 1.54) is 30.3 Å². The molecule has 2 aromatic carbocycles. The number of H-pyrrole nitrogens is 1. The summed E-state index contributed by atoms with van der Waals surface area (Å²) < 4.78 is 85.4. The van der Waals surface area contributed by atoms with Crippen LogP contribution in [0.2, 0.25) is 5.02 Å². The molecule has 200 valence electrons. The van der Waals surface area contributed by atoms with Gasteiger partial charge in [-0.05, 0) is 49.2 Å². The summed E-state index contributed by atoms with van der Waals surface area (Å²) in [7, 11) is 0. The fourth-order valence-electron chi connectivity index (χ4n) is 4.15. The first kappa shape index (κ1) is 26.9. The first-order chi connectivity index (χ1) is 17.4. The molecule has 1 saturated heterocycles. The second-order valence-corrected chi connectivity index (χ2v) is 9.03. The van der Waals surface area contributed by atoms with E-state index in [4.69, 9.17) is 22.1 Å². The monoisotopic (exact) mass is 548 g/mol. The molecule has 0 saturated carbocycles. The van der Waals surface area contributed by atoms with Crippen LogP contribution in [0.4, 0.5) is 43.9 Å². The fourth-order valence-corrected chi connectivity index (χ4v) is 4.47. The molecule has 0 amide bonds. The second-order valence-electron chi connectivity index (χ2n) is 8.62. The molecular formula is C23H23ClF6N6O. The van der Waals surface area contributed by atoms with E-state index in [-0.39, 0.29) is 46.4 Å². The van der Waals surface area contributed by atoms with Crippen molar-refractivity contribution < 1.29 is 31.1 Å². The van der Waals surface area contributed by atoms with Gasteiger partial charge in [0, 0.05) is 24.3 Å². The third-order valence-corrected chi connectivity index (χ3v) is 6.07. The lowest BCUT2D eigenvalue weighted by Crippen LogP contribution is -2.42. The first-order valence-electron chi connectivity index (χ1n) is 11.3. The van der Waals surface area contributed by atoms with Crippen molar-refractivity contribution >= 4 is 29.2 Å². The number of nitrogens with zero attached hydrogens (tertiary/aromatic N) is 3. The Morgan fingerprint density at radius 2 is 1.86 bits per heavy atom. The number of nitrogens with one attached hydrogen (secondary N) is 2. The Labute approximate surface area is 213 Å². The number of aromatic amines is 1. The number of hydrogen-bond donors (Lipinski definition) is 3. The summed E-state index contributed by atoms with van der Waals surface area (Å²) in [6.07, 6.45) is -8.80. The highest BCUT2D eigenvalue weighted by Gasteiger charge is 2.35. The molecule has 37 heavy (non-hydrogen) atoms. The third-order valence-electron chi connectivity index (χ3n) is 5.77. The number of nitrogens with two attached hydrogens (primary N) is 1. The summed E-state index contributed by atoms with van der Waals surface area (Å²) in [6, 6.07) is 8.17. The minimum atomic E-state index is -4.72. The van der Waals surface area contributed by atoms with Crippen LogP contribution in [0.3, 0.4) is 0 Å². The van der Waals surface area contributed by atoms with Gasteiger partial charge in [-0.3, -0.25) is 4.90 Å². The number of piperidine rings is 1. The van der Waals surface area contributed by atoms with Gasteiger partial charge in [0.15, 0.2) is 0 Å². The van der Waals surface area contributed by atoms with Gasteiger partial charge in [-0.2, -0.15) is 31.3 Å². The summed E-state index contributed by atoms with van der Waals surface area (Å²) in [5.41, 5.74) is 4.50. The minimum Gasteiger partial charge on any atom is -0.489 e. The number of alkyl halides is 6. The van der Waals surface area contributed by atoms with Gasteiger partial charge >= 0.3 is 12.4 Å². The molecule has 4 rings (SSSR count). The molecule has 0 aliphatic carbocycles. The zero-order valence-corrected chi connectivity index (χ0v) is 20.0. The molecule has 7 nitrogen and oxygen atoms in total. The van der Waals surface area contributed by atoms with Crippen molar-refractivity contribution in [3.63, 3.8) is 0 Å². The molecule has 4 N–H and O–H groups in total. The average Bonchev–Trinajstić information content (AvgIpc) is 3.22. The number of rotatable bonds is 7. The van der Waals surface area contributed by atoms with Crippen LogP contribution in [0.15, 0.2) is 36.4 Å². The summed E-state index contributed by atoms with van der Waals surface area (Å²) in [5, 5.41) is 8.58. The topological polar surface area (TPSA) is 92.1 Å². The number of hydrogen-bond acceptors (Lipinski definition) is 6. The molecule has 1 atom stereocenters. The van der Waals surface area contributed by atoms with Crippen molar-refractivity contribution in [3.05, 3.63) is 47.0 Å². The number of benzene rings is 2. The Hall–Kier alpha value is -3.19. The largest absolute Gasteiger partial charge is 0.489 e. The molecule has 0 radical (unpaired) electrons. The molecule has 1 aliphatic rings. The third kappa shape index (κ3) is 7.19. The van der Waals surface area contributed by atoms with E-state index < -0.39 is 24.3 Å². The van der Waals surface area contributed by atoms with E-state index in [2.05, 4.69) is 20.5 Å². The molecular weight excluding hydrogens is 526 g/mol. The van der Waals surface area contributed by atoms with Crippen LogP contribution in [-0.2, 0) is 6.18 Å². The van der Waals surface area contributed by atoms with Crippen molar-refractivity contribution in [1.82, 2.24) is 20.1 Å². The van der Waals surface area contributed by atoms with Crippen LogP contribution >= 0.6 is 11.6 Å². The highest BCUT2D eigenvalue weighted by molar-refractivity contribution is 6.34. The Morgan fingerprint density at radius 1 is 1.14 bits per heavy atom. The van der Waals surface area contributed by atoms with Gasteiger partial charge in [0.1, 0.15) is 11.9 Å². The summed E-state index contributed by atoms with van der Waals surface area (Å²) in [6.45, 7) is 0.796. The van der Waals surface area contributed by atoms with Gasteiger partial charge in [0.2, 0.25) is 11.9 Å². The van der Waals surface area contributed by atoms with Gasteiger partial charge in [-0.25, -0.2) is 5.10 Å². The molecule has 0 bridgehead atoms. The lowest BCUT2D eigenvalue weighted by molar-refractivity contribution is -0.139. The Bertz CT molecular complexity index is 1210. The van der Waals surface area contributed by atoms with Crippen LogP contribution in [-0.4, -0.2) is 52.0 Å². The quantitative estimate of drug-likeness (QED) is 0.302. The number of aromatic nitrogens is 3. The number of likely N-dealkylation sites (tertiary alicyclic amines) is 1. The molecule has 14 heteroatoms. The van der Waals surface area contributed by atoms with Gasteiger partial charge in [-0.15, -0.1) is 5.10 Å². The summed E-state index contributed by atoms with van der Waals surface area (Å²) in [4.78, 5) is 5.50. The lowest BCUT2D eigenvalue weighted by atomic mass is 9.98. The zero-order valence-electron chi connectivity index (χ0n) is 19.3. The van der Waals surface area contributed by atoms with Crippen molar-refractivity contribution in [2.75, 3.05) is 30.7 Å². The smallest absolute Gasteiger partial charge is 0.417 e. The molecule has 1 aromatic heterocycles. The number of nitrogen functional groups attached to an aromatic ring is 1. The van der Waals surface area contributed by atoms with Gasteiger partial charge in [0.05, 0.1) is 17.0 Å². The summed E-state index contributed by atoms with van der Waals surface area (Å²) >= 11 is 6.29. The standard InChI is InChI=1S/C23H23ClF6N6O/c24-18-11-14(32-21-33-20(31)34-35-21)10-17(23(28,29)30)19(18)13-3-5-15(6-4-13)37-16-2-1-8-36(12-16)9-7-22(25,26)27/h3-6,10-11,16H,1-2,7-9,12H2,(H4,31,32,33,34,35). The first-order valence-corrected chi connectivity index (χ1v) is 11.7. The van der Waals surface area contributed by atoms with E-state index in [0.717, 1.165) is 6.07 Å². The van der Waals surface area contributed by atoms with Crippen LogP contribution in [0.1, 0.15) is 24.8 Å². The minimum absolute atomic E-state index is 0.00851. The van der Waals surface area contributed by atoms with Gasteiger partial charge in [0.25, 0.3) is 0 Å². The predicted octanol–water partition coefficient (Wildman–Crippen LogP) is 6.27. The van der Waals surface area contributed by atoms with Crippen molar-refractivity contribution in [1.29, 1.82) is 0 Å². The highest BCUT2D eigenvalue weighted by Crippen LogP contribution is 2.43. The van der Waals surface area contributed by atoms with E-state index >= 15 is 0 Å². The van der Waals surface area contributed by atoms with E-state index in [1.54, 1.807) is 4.90 Å². The summed E-state index contributed by atoms with van der Waals surface area (Å²) in [5.74, 6) is 0.373. The molecule has 1 aliphatic heterocycles. The highest BCUT2D eigenvalue weighted by atomic mass is 35.5. The van der Waals surface area contributed by atoms with Crippen molar-refractivity contribution in [2.45, 2.75) is 37.7 Å². The Kier molecular flexibility index (Phi) is 7.74. The number of ether oxygens (including phenoxy) is 1. The number of halogens is 7. The molecule has 1 fully saturated rings. The van der Waals surface area contributed by atoms with Gasteiger partial charge < -0.3 is 15.8 Å². The number of anilines is 3. The molecule has 2 heterocycles. The van der Waals surface area contributed by atoms with Crippen LogP contribution < -0.4 is 15.8 Å². The van der Waals surface area contributed by atoms with E-state index in [9.17, 15) is 26.3 Å². The van der Waals surface area contributed by atoms with Crippen LogP contribution in [0.25, 0.3) is 11.1 Å². The maximum atomic E-state index is 14.0. The second kappa shape index (κ2) is 10.7. The molecule has 3 aromatic rings. The van der Waals surface area contributed by atoms with E-state index in [1.807, 2.05) is 0 Å². The van der Waals surface area contributed by atoms with Crippen molar-refractivity contribution in [3.8, 4) is 16.9 Å². The van der Waals surface area contributed by atoms with Crippen molar-refractivity contribution in [2.24, 2.45) is 0 Å². The maximum Gasteiger partial charge on any atom is 0.417 e. The van der Waals surface area contributed by atoms with Gasteiger partial charge in [-0.1, -0.05) is 23.7 Å². The Balaban J connectivity index is 1.50. The molecule has 0 spiro atoms. The van der Waals surface area contributed by atoms with Crippen LogP contribution in [0.5, 0.6) is 5.75 Å². The van der Waals surface area contributed by atoms with Crippen LogP contribution in [0, 0.1) is 0 Å². The fraction of sp³-hybridized carbons (Fsp3) is 0.391. The maximum absolute atomic E-state index is 14.0. The lowest BCUT2D eigenvalue weighted by Gasteiger charge is -2.33. The zero-order chi connectivity index (χ0) is 26.8. The normalized spacial score (nSPS) is 17.1. The SMILES string of the molecule is Nc1nc(Nc2cc(Cl)c(-c3ccc(OC4CCCN(CCC(F)(F)F)C4)cc3)c(C(F)(F)F)c2)n[nH]1.